The molecule has 0 saturated heterocycles. The van der Waals surface area contributed by atoms with Crippen LogP contribution in [-0.2, 0) is 14.8 Å². The number of sulfonamides is 1. The standard InChI is InChI=1S/C20H23FN2O3S/c1-3-4-14-23(2)27(25,26)19-11-9-18(10-12-19)22-20(24)13-8-16-6-5-7-17(21)15-16/h5-13,15H,3-4,14H2,1-2H3,(H,22,24)/b13-8+. The van der Waals surface area contributed by atoms with E-state index in [1.807, 2.05) is 6.92 Å². The monoisotopic (exact) mass is 390 g/mol. The van der Waals surface area contributed by atoms with Crippen molar-refractivity contribution in [1.29, 1.82) is 0 Å². The number of rotatable bonds is 8. The Morgan fingerprint density at radius 3 is 2.52 bits per heavy atom. The summed E-state index contributed by atoms with van der Waals surface area (Å²) in [5.74, 6) is -0.770. The summed E-state index contributed by atoms with van der Waals surface area (Å²) < 4.78 is 39.3. The van der Waals surface area contributed by atoms with E-state index in [0.717, 1.165) is 12.8 Å². The first kappa shape index (κ1) is 20.8. The van der Waals surface area contributed by atoms with Crippen LogP contribution in [0.3, 0.4) is 0 Å². The molecule has 144 valence electrons. The Hall–Kier alpha value is -2.51. The van der Waals surface area contributed by atoms with Gasteiger partial charge in [0.25, 0.3) is 0 Å². The van der Waals surface area contributed by atoms with Gasteiger partial charge >= 0.3 is 0 Å². The fraction of sp³-hybridized carbons (Fsp3) is 0.250. The summed E-state index contributed by atoms with van der Waals surface area (Å²) in [5, 5.41) is 2.64. The molecule has 0 aliphatic rings. The molecule has 27 heavy (non-hydrogen) atoms. The van der Waals surface area contributed by atoms with E-state index in [2.05, 4.69) is 5.32 Å². The molecule has 7 heteroatoms. The van der Waals surface area contributed by atoms with Crippen LogP contribution in [-0.4, -0.2) is 32.2 Å². The molecule has 0 fully saturated rings. The van der Waals surface area contributed by atoms with Gasteiger partial charge in [-0.1, -0.05) is 25.5 Å². The molecule has 0 bridgehead atoms. The fourth-order valence-electron chi connectivity index (χ4n) is 2.36. The molecule has 0 radical (unpaired) electrons. The highest BCUT2D eigenvalue weighted by molar-refractivity contribution is 7.89. The molecule has 0 unspecified atom stereocenters. The first-order chi connectivity index (χ1) is 12.8. The molecule has 2 aromatic rings. The van der Waals surface area contributed by atoms with Gasteiger partial charge in [0.05, 0.1) is 4.90 Å². The second-order valence-electron chi connectivity index (χ2n) is 6.08. The molecule has 1 N–H and O–H groups in total. The van der Waals surface area contributed by atoms with Crippen molar-refractivity contribution in [2.24, 2.45) is 0 Å². The Balaban J connectivity index is 2.01. The quantitative estimate of drug-likeness (QED) is 0.695. The predicted molar refractivity (Wildman–Crippen MR) is 105 cm³/mol. The van der Waals surface area contributed by atoms with Gasteiger partial charge in [0.1, 0.15) is 5.82 Å². The lowest BCUT2D eigenvalue weighted by molar-refractivity contribution is -0.111. The summed E-state index contributed by atoms with van der Waals surface area (Å²) in [5.41, 5.74) is 1.04. The Kier molecular flexibility index (Phi) is 7.27. The van der Waals surface area contributed by atoms with Gasteiger partial charge in [-0.15, -0.1) is 0 Å². The topological polar surface area (TPSA) is 66.5 Å². The number of anilines is 1. The van der Waals surface area contributed by atoms with E-state index < -0.39 is 15.9 Å². The summed E-state index contributed by atoms with van der Waals surface area (Å²) >= 11 is 0. The number of unbranched alkanes of at least 4 members (excludes halogenated alkanes) is 1. The van der Waals surface area contributed by atoms with Gasteiger partial charge in [-0.25, -0.2) is 17.1 Å². The zero-order valence-corrected chi connectivity index (χ0v) is 16.2. The van der Waals surface area contributed by atoms with Gasteiger partial charge in [0, 0.05) is 25.4 Å². The zero-order valence-electron chi connectivity index (χ0n) is 15.4. The van der Waals surface area contributed by atoms with Gasteiger partial charge < -0.3 is 5.32 Å². The third kappa shape index (κ3) is 6.01. The van der Waals surface area contributed by atoms with E-state index in [4.69, 9.17) is 0 Å². The Morgan fingerprint density at radius 2 is 1.89 bits per heavy atom. The smallest absolute Gasteiger partial charge is 0.248 e. The van der Waals surface area contributed by atoms with Crippen molar-refractivity contribution in [2.45, 2.75) is 24.7 Å². The van der Waals surface area contributed by atoms with Crippen LogP contribution >= 0.6 is 0 Å². The van der Waals surface area contributed by atoms with Gasteiger partial charge in [-0.3, -0.25) is 4.79 Å². The summed E-state index contributed by atoms with van der Waals surface area (Å²) in [4.78, 5) is 12.1. The number of nitrogens with zero attached hydrogens (tertiary/aromatic N) is 1. The Morgan fingerprint density at radius 1 is 1.19 bits per heavy atom. The van der Waals surface area contributed by atoms with Gasteiger partial charge in [-0.2, -0.15) is 0 Å². The molecule has 0 spiro atoms. The number of carbonyl (C=O) groups excluding carboxylic acids is 1. The van der Waals surface area contributed by atoms with Crippen LogP contribution in [0.25, 0.3) is 6.08 Å². The van der Waals surface area contributed by atoms with Gasteiger partial charge in [0.15, 0.2) is 0 Å². The van der Waals surface area contributed by atoms with Crippen LogP contribution in [0.2, 0.25) is 0 Å². The van der Waals surface area contributed by atoms with Crippen molar-refractivity contribution >= 4 is 27.7 Å². The lowest BCUT2D eigenvalue weighted by atomic mass is 10.2. The van der Waals surface area contributed by atoms with Crippen molar-refractivity contribution in [2.75, 3.05) is 18.9 Å². The van der Waals surface area contributed by atoms with E-state index in [0.29, 0.717) is 17.8 Å². The van der Waals surface area contributed by atoms with E-state index in [1.165, 1.54) is 52.9 Å². The second-order valence-corrected chi connectivity index (χ2v) is 8.13. The minimum Gasteiger partial charge on any atom is -0.323 e. The SMILES string of the molecule is CCCCN(C)S(=O)(=O)c1ccc(NC(=O)/C=C/c2cccc(F)c2)cc1. The van der Waals surface area contributed by atoms with Crippen LogP contribution in [0.5, 0.6) is 0 Å². The number of benzene rings is 2. The second kappa shape index (κ2) is 9.43. The first-order valence-electron chi connectivity index (χ1n) is 8.64. The molecule has 1 amide bonds. The maximum atomic E-state index is 13.1. The summed E-state index contributed by atoms with van der Waals surface area (Å²) in [6.45, 7) is 2.46. The average molecular weight is 390 g/mol. The molecular formula is C20H23FN2O3S. The van der Waals surface area contributed by atoms with Crippen LogP contribution < -0.4 is 5.32 Å². The number of nitrogens with one attached hydrogen (secondary N) is 1. The molecule has 0 heterocycles. The zero-order chi connectivity index (χ0) is 19.9. The van der Waals surface area contributed by atoms with Crippen molar-refractivity contribution in [3.8, 4) is 0 Å². The number of halogens is 1. The van der Waals surface area contributed by atoms with Crippen molar-refractivity contribution in [1.82, 2.24) is 4.31 Å². The minimum atomic E-state index is -3.54. The van der Waals surface area contributed by atoms with Crippen LogP contribution in [0.4, 0.5) is 10.1 Å². The normalized spacial score (nSPS) is 11.9. The third-order valence-electron chi connectivity index (χ3n) is 3.93. The largest absolute Gasteiger partial charge is 0.323 e. The summed E-state index contributed by atoms with van der Waals surface area (Å²) in [6, 6.07) is 11.9. The van der Waals surface area contributed by atoms with Crippen molar-refractivity contribution in [3.63, 3.8) is 0 Å². The number of hydrogen-bond donors (Lipinski definition) is 1. The lowest BCUT2D eigenvalue weighted by Crippen LogP contribution is -2.27. The van der Waals surface area contributed by atoms with Crippen molar-refractivity contribution in [3.05, 3.63) is 66.0 Å². The highest BCUT2D eigenvalue weighted by Crippen LogP contribution is 2.18. The number of amides is 1. The molecule has 0 aromatic heterocycles. The van der Waals surface area contributed by atoms with Crippen LogP contribution in [0.15, 0.2) is 59.5 Å². The maximum Gasteiger partial charge on any atom is 0.248 e. The minimum absolute atomic E-state index is 0.175. The Labute approximate surface area is 159 Å². The maximum absolute atomic E-state index is 13.1. The molecule has 2 rings (SSSR count). The molecule has 0 aliphatic carbocycles. The number of carbonyl (C=O) groups is 1. The predicted octanol–water partition coefficient (Wildman–Crippen LogP) is 3.90. The van der Waals surface area contributed by atoms with Gasteiger partial charge in [0.2, 0.25) is 15.9 Å². The van der Waals surface area contributed by atoms with E-state index in [-0.39, 0.29) is 10.7 Å². The van der Waals surface area contributed by atoms with Crippen LogP contribution in [0.1, 0.15) is 25.3 Å². The number of hydrogen-bond acceptors (Lipinski definition) is 3. The molecule has 5 nitrogen and oxygen atoms in total. The third-order valence-corrected chi connectivity index (χ3v) is 5.80. The molecule has 2 aromatic carbocycles. The Bertz CT molecular complexity index is 909. The van der Waals surface area contributed by atoms with Crippen molar-refractivity contribution < 1.29 is 17.6 Å². The molecule has 0 atom stereocenters. The fourth-order valence-corrected chi connectivity index (χ4v) is 3.57. The molecule has 0 saturated carbocycles. The van der Waals surface area contributed by atoms with E-state index in [1.54, 1.807) is 19.2 Å². The summed E-state index contributed by atoms with van der Waals surface area (Å²) in [7, 11) is -1.98. The van der Waals surface area contributed by atoms with E-state index in [9.17, 15) is 17.6 Å². The highest BCUT2D eigenvalue weighted by atomic mass is 32.2. The van der Waals surface area contributed by atoms with E-state index >= 15 is 0 Å². The van der Waals surface area contributed by atoms with Gasteiger partial charge in [-0.05, 0) is 54.5 Å². The molecule has 0 aliphatic heterocycles. The first-order valence-corrected chi connectivity index (χ1v) is 10.1. The highest BCUT2D eigenvalue weighted by Gasteiger charge is 2.19. The average Bonchev–Trinajstić information content (AvgIpc) is 2.65. The van der Waals surface area contributed by atoms with Crippen LogP contribution in [0, 0.1) is 5.82 Å². The summed E-state index contributed by atoms with van der Waals surface area (Å²) in [6.07, 6.45) is 4.49. The molecular weight excluding hydrogens is 367 g/mol. The lowest BCUT2D eigenvalue weighted by Gasteiger charge is -2.17.